The lowest BCUT2D eigenvalue weighted by Crippen LogP contribution is -2.19. The summed E-state index contributed by atoms with van der Waals surface area (Å²) in [5.74, 6) is 0.718. The lowest BCUT2D eigenvalue weighted by Gasteiger charge is -2.18. The van der Waals surface area contributed by atoms with Crippen LogP contribution in [0.1, 0.15) is 42.9 Å². The van der Waals surface area contributed by atoms with E-state index in [2.05, 4.69) is 23.9 Å². The van der Waals surface area contributed by atoms with Crippen molar-refractivity contribution in [1.82, 2.24) is 14.8 Å². The van der Waals surface area contributed by atoms with Crippen molar-refractivity contribution >= 4 is 0 Å². The maximum atomic E-state index is 6.38. The third-order valence-electron chi connectivity index (χ3n) is 3.08. The van der Waals surface area contributed by atoms with Crippen molar-refractivity contribution in [1.29, 1.82) is 0 Å². The van der Waals surface area contributed by atoms with Gasteiger partial charge in [-0.3, -0.25) is 9.67 Å². The van der Waals surface area contributed by atoms with Gasteiger partial charge in [-0.15, -0.1) is 0 Å². The molecule has 2 heterocycles. The van der Waals surface area contributed by atoms with Crippen LogP contribution in [0.25, 0.3) is 0 Å². The van der Waals surface area contributed by atoms with Crippen LogP contribution >= 0.6 is 0 Å². The van der Waals surface area contributed by atoms with Crippen LogP contribution in [-0.4, -0.2) is 21.9 Å². The van der Waals surface area contributed by atoms with E-state index in [1.807, 2.05) is 23.7 Å². The summed E-state index contributed by atoms with van der Waals surface area (Å²) in [6.07, 6.45) is 3.48. The molecular formula is C14H20N4O. The van der Waals surface area contributed by atoms with Crippen LogP contribution in [0.4, 0.5) is 0 Å². The first kappa shape index (κ1) is 13.5. The molecule has 2 aromatic heterocycles. The predicted octanol–water partition coefficient (Wildman–Crippen LogP) is 2.22. The van der Waals surface area contributed by atoms with E-state index in [0.717, 1.165) is 22.7 Å². The van der Waals surface area contributed by atoms with Crippen molar-refractivity contribution in [3.05, 3.63) is 41.5 Å². The van der Waals surface area contributed by atoms with E-state index >= 15 is 0 Å². The van der Waals surface area contributed by atoms with Crippen LogP contribution in [0.5, 0.6) is 5.75 Å². The molecule has 19 heavy (non-hydrogen) atoms. The Balaban J connectivity index is 2.48. The number of aryl methyl sites for hydroxylation is 1. The molecule has 0 amide bonds. The van der Waals surface area contributed by atoms with Crippen LogP contribution in [0.15, 0.2) is 24.5 Å². The SMILES string of the molecule is COc1cnn(C(C)C)c1C(N)c1ccnc(C)c1. The summed E-state index contributed by atoms with van der Waals surface area (Å²) in [5, 5.41) is 4.35. The zero-order chi connectivity index (χ0) is 14.0. The molecule has 102 valence electrons. The van der Waals surface area contributed by atoms with Gasteiger partial charge < -0.3 is 10.5 Å². The zero-order valence-corrected chi connectivity index (χ0v) is 11.8. The fourth-order valence-corrected chi connectivity index (χ4v) is 2.14. The molecule has 0 aliphatic carbocycles. The van der Waals surface area contributed by atoms with Gasteiger partial charge in [-0.25, -0.2) is 0 Å². The van der Waals surface area contributed by atoms with Crippen molar-refractivity contribution in [3.63, 3.8) is 0 Å². The average molecular weight is 260 g/mol. The van der Waals surface area contributed by atoms with E-state index in [9.17, 15) is 0 Å². The second-order valence-electron chi connectivity index (χ2n) is 4.84. The summed E-state index contributed by atoms with van der Waals surface area (Å²) in [6, 6.07) is 3.87. The molecule has 2 aromatic rings. The van der Waals surface area contributed by atoms with Gasteiger partial charge in [-0.05, 0) is 38.5 Å². The molecule has 1 unspecified atom stereocenters. The Morgan fingerprint density at radius 3 is 2.68 bits per heavy atom. The summed E-state index contributed by atoms with van der Waals surface area (Å²) in [4.78, 5) is 4.19. The van der Waals surface area contributed by atoms with E-state index in [4.69, 9.17) is 10.5 Å². The van der Waals surface area contributed by atoms with E-state index in [-0.39, 0.29) is 12.1 Å². The second-order valence-corrected chi connectivity index (χ2v) is 4.84. The number of aromatic nitrogens is 3. The molecule has 0 fully saturated rings. The highest BCUT2D eigenvalue weighted by atomic mass is 16.5. The smallest absolute Gasteiger partial charge is 0.161 e. The maximum Gasteiger partial charge on any atom is 0.161 e. The van der Waals surface area contributed by atoms with Crippen molar-refractivity contribution in [2.75, 3.05) is 7.11 Å². The summed E-state index contributed by atoms with van der Waals surface area (Å²) in [5.41, 5.74) is 9.22. The van der Waals surface area contributed by atoms with Gasteiger partial charge in [0.1, 0.15) is 5.69 Å². The van der Waals surface area contributed by atoms with E-state index in [1.54, 1.807) is 19.5 Å². The molecule has 0 saturated heterocycles. The normalized spacial score (nSPS) is 12.7. The molecule has 0 bridgehead atoms. The zero-order valence-electron chi connectivity index (χ0n) is 11.8. The summed E-state index contributed by atoms with van der Waals surface area (Å²) in [6.45, 7) is 6.09. The summed E-state index contributed by atoms with van der Waals surface area (Å²) in [7, 11) is 1.63. The van der Waals surface area contributed by atoms with E-state index < -0.39 is 0 Å². The first-order chi connectivity index (χ1) is 9.04. The molecule has 0 aromatic carbocycles. The van der Waals surface area contributed by atoms with Gasteiger partial charge in [-0.1, -0.05) is 0 Å². The average Bonchev–Trinajstić information content (AvgIpc) is 2.81. The number of nitrogens with two attached hydrogens (primary N) is 1. The molecule has 0 aliphatic rings. The first-order valence-electron chi connectivity index (χ1n) is 6.34. The Labute approximate surface area is 113 Å². The number of pyridine rings is 1. The highest BCUT2D eigenvalue weighted by Crippen LogP contribution is 2.30. The van der Waals surface area contributed by atoms with Crippen molar-refractivity contribution in [2.45, 2.75) is 32.9 Å². The lowest BCUT2D eigenvalue weighted by atomic mass is 10.0. The predicted molar refractivity (Wildman–Crippen MR) is 74.2 cm³/mol. The van der Waals surface area contributed by atoms with Gasteiger partial charge in [0.2, 0.25) is 0 Å². The van der Waals surface area contributed by atoms with Crippen LogP contribution in [0.3, 0.4) is 0 Å². The van der Waals surface area contributed by atoms with Crippen LogP contribution in [0, 0.1) is 6.92 Å². The highest BCUT2D eigenvalue weighted by molar-refractivity contribution is 5.36. The number of hydrogen-bond donors (Lipinski definition) is 1. The van der Waals surface area contributed by atoms with Gasteiger partial charge >= 0.3 is 0 Å². The molecule has 0 radical (unpaired) electrons. The fourth-order valence-electron chi connectivity index (χ4n) is 2.14. The molecule has 0 aliphatic heterocycles. The molecule has 0 spiro atoms. The molecular weight excluding hydrogens is 240 g/mol. The van der Waals surface area contributed by atoms with Gasteiger partial charge in [-0.2, -0.15) is 5.10 Å². The minimum Gasteiger partial charge on any atom is -0.493 e. The van der Waals surface area contributed by atoms with Crippen LogP contribution in [-0.2, 0) is 0 Å². The number of rotatable bonds is 4. The minimum absolute atomic E-state index is 0.230. The van der Waals surface area contributed by atoms with Crippen LogP contribution in [0.2, 0.25) is 0 Å². The minimum atomic E-state index is -0.276. The lowest BCUT2D eigenvalue weighted by molar-refractivity contribution is 0.401. The van der Waals surface area contributed by atoms with E-state index in [1.165, 1.54) is 0 Å². The number of nitrogens with zero attached hydrogens (tertiary/aromatic N) is 3. The Hall–Kier alpha value is -1.88. The van der Waals surface area contributed by atoms with Gasteiger partial charge in [0, 0.05) is 17.9 Å². The third-order valence-corrected chi connectivity index (χ3v) is 3.08. The molecule has 0 saturated carbocycles. The first-order valence-corrected chi connectivity index (χ1v) is 6.34. The molecule has 1 atom stereocenters. The van der Waals surface area contributed by atoms with E-state index in [0.29, 0.717) is 0 Å². The maximum absolute atomic E-state index is 6.38. The Kier molecular flexibility index (Phi) is 3.85. The van der Waals surface area contributed by atoms with Crippen molar-refractivity contribution < 1.29 is 4.74 Å². The van der Waals surface area contributed by atoms with Crippen molar-refractivity contribution in [3.8, 4) is 5.75 Å². The second kappa shape index (κ2) is 5.40. The number of methoxy groups -OCH3 is 1. The summed E-state index contributed by atoms with van der Waals surface area (Å²) >= 11 is 0. The van der Waals surface area contributed by atoms with Crippen molar-refractivity contribution in [2.24, 2.45) is 5.73 Å². The Bertz CT molecular complexity index is 562. The fraction of sp³-hybridized carbons (Fsp3) is 0.429. The van der Waals surface area contributed by atoms with Gasteiger partial charge in [0.15, 0.2) is 5.75 Å². The number of hydrogen-bond acceptors (Lipinski definition) is 4. The van der Waals surface area contributed by atoms with Gasteiger partial charge in [0.25, 0.3) is 0 Å². The Morgan fingerprint density at radius 2 is 2.11 bits per heavy atom. The molecule has 5 nitrogen and oxygen atoms in total. The topological polar surface area (TPSA) is 66.0 Å². The molecule has 2 N–H and O–H groups in total. The third kappa shape index (κ3) is 2.61. The monoisotopic (exact) mass is 260 g/mol. The molecule has 5 heteroatoms. The molecule has 2 rings (SSSR count). The Morgan fingerprint density at radius 1 is 1.37 bits per heavy atom. The highest BCUT2D eigenvalue weighted by Gasteiger charge is 2.21. The number of ether oxygens (including phenoxy) is 1. The largest absolute Gasteiger partial charge is 0.493 e. The standard InChI is InChI=1S/C14H20N4O/c1-9(2)18-14(12(19-4)8-17-18)13(15)11-5-6-16-10(3)7-11/h5-9,13H,15H2,1-4H3. The quantitative estimate of drug-likeness (QED) is 0.915. The van der Waals surface area contributed by atoms with Crippen LogP contribution < -0.4 is 10.5 Å². The van der Waals surface area contributed by atoms with Gasteiger partial charge in [0.05, 0.1) is 19.3 Å². The summed E-state index contributed by atoms with van der Waals surface area (Å²) < 4.78 is 7.27.